The summed E-state index contributed by atoms with van der Waals surface area (Å²) in [6.07, 6.45) is 0. The van der Waals surface area contributed by atoms with E-state index in [0.717, 1.165) is 16.0 Å². The van der Waals surface area contributed by atoms with Gasteiger partial charge in [-0.05, 0) is 28.6 Å². The second-order valence-electron chi connectivity index (χ2n) is 3.58. The van der Waals surface area contributed by atoms with Crippen molar-refractivity contribution in [2.45, 2.75) is 19.8 Å². The molecule has 0 fully saturated rings. The molecule has 1 heterocycles. The van der Waals surface area contributed by atoms with Gasteiger partial charge >= 0.3 is 0 Å². The molecule has 0 aliphatic rings. The Hall–Kier alpha value is -1.23. The molecule has 1 aromatic heterocycles. The van der Waals surface area contributed by atoms with Gasteiger partial charge in [0.15, 0.2) is 5.82 Å². The van der Waals surface area contributed by atoms with Crippen molar-refractivity contribution in [3.8, 4) is 5.69 Å². The normalized spacial score (nSPS) is 10.9. The van der Waals surface area contributed by atoms with E-state index in [9.17, 15) is 0 Å². The number of tetrazole rings is 1. The zero-order valence-corrected chi connectivity index (χ0v) is 10.1. The van der Waals surface area contributed by atoms with Crippen molar-refractivity contribution in [1.29, 1.82) is 0 Å². The fraction of sp³-hybridized carbons (Fsp3) is 0.300. The standard InChI is InChI=1S/C10H11BrN4/c1-7(2)10-12-13-14-15(10)9-5-3-4-8(11)6-9/h3-7H,1-2H3. The third-order valence-corrected chi connectivity index (χ3v) is 2.56. The van der Waals surface area contributed by atoms with E-state index in [1.807, 2.05) is 24.3 Å². The van der Waals surface area contributed by atoms with Crippen LogP contribution in [0, 0.1) is 0 Å². The fourth-order valence-electron chi connectivity index (χ4n) is 1.35. The first-order chi connectivity index (χ1) is 7.18. The maximum atomic E-state index is 4.01. The first-order valence-electron chi connectivity index (χ1n) is 4.72. The minimum Gasteiger partial charge on any atom is -0.197 e. The largest absolute Gasteiger partial charge is 0.197 e. The van der Waals surface area contributed by atoms with Crippen LogP contribution in [-0.2, 0) is 0 Å². The second-order valence-corrected chi connectivity index (χ2v) is 4.50. The van der Waals surface area contributed by atoms with Crippen LogP contribution >= 0.6 is 15.9 Å². The van der Waals surface area contributed by atoms with Crippen LogP contribution in [0.4, 0.5) is 0 Å². The maximum absolute atomic E-state index is 4.01. The summed E-state index contributed by atoms with van der Waals surface area (Å²) in [5, 5.41) is 11.7. The van der Waals surface area contributed by atoms with Gasteiger partial charge in [0.25, 0.3) is 0 Å². The molecular weight excluding hydrogens is 256 g/mol. The van der Waals surface area contributed by atoms with Gasteiger partial charge in [0.1, 0.15) is 0 Å². The van der Waals surface area contributed by atoms with E-state index in [2.05, 4.69) is 45.3 Å². The van der Waals surface area contributed by atoms with E-state index < -0.39 is 0 Å². The molecule has 1 aromatic carbocycles. The zero-order chi connectivity index (χ0) is 10.8. The molecule has 5 heteroatoms. The average molecular weight is 267 g/mol. The Morgan fingerprint density at radius 1 is 1.33 bits per heavy atom. The number of rotatable bonds is 2. The van der Waals surface area contributed by atoms with Gasteiger partial charge in [0.2, 0.25) is 0 Å². The highest BCUT2D eigenvalue weighted by Crippen LogP contribution is 2.18. The number of halogens is 1. The molecule has 4 nitrogen and oxygen atoms in total. The zero-order valence-electron chi connectivity index (χ0n) is 8.55. The Morgan fingerprint density at radius 3 is 2.80 bits per heavy atom. The summed E-state index contributed by atoms with van der Waals surface area (Å²) in [7, 11) is 0. The van der Waals surface area contributed by atoms with Crippen LogP contribution in [0.25, 0.3) is 5.69 Å². The Balaban J connectivity index is 2.49. The highest BCUT2D eigenvalue weighted by atomic mass is 79.9. The summed E-state index contributed by atoms with van der Waals surface area (Å²) in [4.78, 5) is 0. The lowest BCUT2D eigenvalue weighted by Crippen LogP contribution is -2.04. The molecule has 15 heavy (non-hydrogen) atoms. The molecule has 0 radical (unpaired) electrons. The lowest BCUT2D eigenvalue weighted by molar-refractivity contribution is 0.710. The van der Waals surface area contributed by atoms with Gasteiger partial charge in [-0.1, -0.05) is 35.8 Å². The van der Waals surface area contributed by atoms with Crippen LogP contribution in [0.5, 0.6) is 0 Å². The van der Waals surface area contributed by atoms with E-state index in [0.29, 0.717) is 5.92 Å². The Bertz CT molecular complexity index is 464. The van der Waals surface area contributed by atoms with Crippen molar-refractivity contribution < 1.29 is 0 Å². The summed E-state index contributed by atoms with van der Waals surface area (Å²) < 4.78 is 2.78. The molecular formula is C10H11BrN4. The van der Waals surface area contributed by atoms with E-state index in [1.165, 1.54) is 0 Å². The number of benzene rings is 1. The molecule has 0 aliphatic heterocycles. The summed E-state index contributed by atoms with van der Waals surface area (Å²) in [5.74, 6) is 1.17. The molecule has 0 unspecified atom stereocenters. The molecule has 0 spiro atoms. The van der Waals surface area contributed by atoms with Crippen molar-refractivity contribution in [3.05, 3.63) is 34.6 Å². The molecule has 0 amide bonds. The van der Waals surface area contributed by atoms with E-state index in [4.69, 9.17) is 0 Å². The molecule has 78 valence electrons. The predicted molar refractivity (Wildman–Crippen MR) is 60.9 cm³/mol. The number of hydrogen-bond acceptors (Lipinski definition) is 3. The van der Waals surface area contributed by atoms with Crippen LogP contribution in [0.15, 0.2) is 28.7 Å². The highest BCUT2D eigenvalue weighted by molar-refractivity contribution is 9.10. The summed E-state index contributed by atoms with van der Waals surface area (Å²) in [6, 6.07) is 7.91. The van der Waals surface area contributed by atoms with Crippen LogP contribution in [-0.4, -0.2) is 20.2 Å². The number of hydrogen-bond donors (Lipinski definition) is 0. The molecule has 2 rings (SSSR count). The monoisotopic (exact) mass is 266 g/mol. The van der Waals surface area contributed by atoms with Gasteiger partial charge in [-0.15, -0.1) is 5.10 Å². The predicted octanol–water partition coefficient (Wildman–Crippen LogP) is 2.55. The van der Waals surface area contributed by atoms with Crippen LogP contribution in [0.3, 0.4) is 0 Å². The molecule has 2 aromatic rings. The van der Waals surface area contributed by atoms with E-state index in [-0.39, 0.29) is 0 Å². The Labute approximate surface area is 96.4 Å². The minimum atomic E-state index is 0.305. The van der Waals surface area contributed by atoms with Crippen LogP contribution in [0.2, 0.25) is 0 Å². The summed E-state index contributed by atoms with van der Waals surface area (Å²) in [6.45, 7) is 4.14. The third-order valence-electron chi connectivity index (χ3n) is 2.06. The van der Waals surface area contributed by atoms with Gasteiger partial charge in [0.05, 0.1) is 5.69 Å². The van der Waals surface area contributed by atoms with Gasteiger partial charge in [-0.2, -0.15) is 4.68 Å². The SMILES string of the molecule is CC(C)c1nnnn1-c1cccc(Br)c1. The number of nitrogens with zero attached hydrogens (tertiary/aromatic N) is 4. The van der Waals surface area contributed by atoms with Crippen LogP contribution < -0.4 is 0 Å². The smallest absolute Gasteiger partial charge is 0.159 e. The average Bonchev–Trinajstić information content (AvgIpc) is 2.65. The van der Waals surface area contributed by atoms with Crippen molar-refractivity contribution in [3.63, 3.8) is 0 Å². The van der Waals surface area contributed by atoms with Crippen molar-refractivity contribution in [2.24, 2.45) is 0 Å². The molecule has 0 aliphatic carbocycles. The van der Waals surface area contributed by atoms with E-state index in [1.54, 1.807) is 4.68 Å². The lowest BCUT2D eigenvalue weighted by Gasteiger charge is -2.06. The first kappa shape index (κ1) is 10.3. The Morgan fingerprint density at radius 2 is 2.13 bits per heavy atom. The van der Waals surface area contributed by atoms with E-state index >= 15 is 0 Å². The Kier molecular flexibility index (Phi) is 2.81. The lowest BCUT2D eigenvalue weighted by atomic mass is 10.2. The number of aromatic nitrogens is 4. The van der Waals surface area contributed by atoms with Gasteiger partial charge in [-0.25, -0.2) is 0 Å². The van der Waals surface area contributed by atoms with Crippen LogP contribution in [0.1, 0.15) is 25.6 Å². The summed E-state index contributed by atoms with van der Waals surface area (Å²) >= 11 is 3.43. The molecule has 0 N–H and O–H groups in total. The van der Waals surface area contributed by atoms with Crippen molar-refractivity contribution in [2.75, 3.05) is 0 Å². The van der Waals surface area contributed by atoms with Crippen molar-refractivity contribution in [1.82, 2.24) is 20.2 Å². The quantitative estimate of drug-likeness (QED) is 0.839. The molecule has 0 saturated carbocycles. The third kappa shape index (κ3) is 2.07. The fourth-order valence-corrected chi connectivity index (χ4v) is 1.73. The maximum Gasteiger partial charge on any atom is 0.159 e. The van der Waals surface area contributed by atoms with Crippen molar-refractivity contribution >= 4 is 15.9 Å². The molecule has 0 atom stereocenters. The molecule has 0 bridgehead atoms. The first-order valence-corrected chi connectivity index (χ1v) is 5.52. The van der Waals surface area contributed by atoms with Gasteiger partial charge in [-0.3, -0.25) is 0 Å². The summed E-state index contributed by atoms with van der Waals surface area (Å²) in [5.41, 5.74) is 0.970. The topological polar surface area (TPSA) is 43.6 Å². The van der Waals surface area contributed by atoms with Gasteiger partial charge < -0.3 is 0 Å². The minimum absolute atomic E-state index is 0.305. The molecule has 0 saturated heterocycles. The second kappa shape index (κ2) is 4.10. The highest BCUT2D eigenvalue weighted by Gasteiger charge is 2.11. The van der Waals surface area contributed by atoms with Gasteiger partial charge in [0, 0.05) is 10.4 Å².